The average molecular weight is 267 g/mol. The molecule has 1 aromatic carbocycles. The molecule has 100 valence electrons. The van der Waals surface area contributed by atoms with E-state index in [1.807, 2.05) is 12.1 Å². The average Bonchev–Trinajstić information content (AvgIpc) is 2.60. The molecule has 1 aromatic rings. The van der Waals surface area contributed by atoms with Crippen LogP contribution in [0.25, 0.3) is 0 Å². The van der Waals surface area contributed by atoms with Crippen molar-refractivity contribution < 1.29 is 0 Å². The van der Waals surface area contributed by atoms with E-state index in [2.05, 4.69) is 24.0 Å². The summed E-state index contributed by atoms with van der Waals surface area (Å²) < 4.78 is 0. The molecule has 3 heteroatoms. The lowest BCUT2D eigenvalue weighted by atomic mass is 9.99. The summed E-state index contributed by atoms with van der Waals surface area (Å²) in [5.74, 6) is 0. The second kappa shape index (κ2) is 6.55. The van der Waals surface area contributed by atoms with Gasteiger partial charge in [-0.1, -0.05) is 42.6 Å². The molecule has 1 saturated heterocycles. The van der Waals surface area contributed by atoms with Gasteiger partial charge in [0.15, 0.2) is 0 Å². The number of hydrogen-bond donors (Lipinski definition) is 1. The Hall–Kier alpha value is -0.570. The number of hydrogen-bond acceptors (Lipinski definition) is 2. The SMILES string of the molecule is CC(N)C(c1ccccc1Cl)N1CCCCCC1. The number of halogens is 1. The van der Waals surface area contributed by atoms with Crippen molar-refractivity contribution in [2.45, 2.75) is 44.7 Å². The van der Waals surface area contributed by atoms with Crippen molar-refractivity contribution in [3.05, 3.63) is 34.9 Å². The van der Waals surface area contributed by atoms with Crippen LogP contribution >= 0.6 is 11.6 Å². The van der Waals surface area contributed by atoms with Gasteiger partial charge in [-0.05, 0) is 44.5 Å². The molecule has 1 heterocycles. The van der Waals surface area contributed by atoms with Crippen LogP contribution in [0.5, 0.6) is 0 Å². The van der Waals surface area contributed by atoms with Crippen molar-refractivity contribution in [3.63, 3.8) is 0 Å². The van der Waals surface area contributed by atoms with Crippen molar-refractivity contribution in [2.75, 3.05) is 13.1 Å². The molecule has 0 bridgehead atoms. The Kier molecular flexibility index (Phi) is 5.04. The van der Waals surface area contributed by atoms with Crippen LogP contribution in [0.15, 0.2) is 24.3 Å². The molecular formula is C15H23ClN2. The molecule has 2 atom stereocenters. The Morgan fingerprint density at radius 1 is 1.11 bits per heavy atom. The molecule has 0 aromatic heterocycles. The zero-order chi connectivity index (χ0) is 13.0. The van der Waals surface area contributed by atoms with Gasteiger partial charge in [0.05, 0.1) is 6.04 Å². The first-order chi connectivity index (χ1) is 8.70. The first kappa shape index (κ1) is 13.9. The predicted molar refractivity (Wildman–Crippen MR) is 77.9 cm³/mol. The minimum Gasteiger partial charge on any atom is -0.326 e. The maximum atomic E-state index is 6.34. The minimum absolute atomic E-state index is 0.1000. The van der Waals surface area contributed by atoms with E-state index in [-0.39, 0.29) is 12.1 Å². The highest BCUT2D eigenvalue weighted by molar-refractivity contribution is 6.31. The van der Waals surface area contributed by atoms with Gasteiger partial charge >= 0.3 is 0 Å². The molecule has 0 amide bonds. The van der Waals surface area contributed by atoms with Gasteiger partial charge in [-0.3, -0.25) is 4.90 Å². The molecule has 1 aliphatic rings. The van der Waals surface area contributed by atoms with E-state index < -0.39 is 0 Å². The summed E-state index contributed by atoms with van der Waals surface area (Å²) in [5.41, 5.74) is 7.40. The molecule has 2 unspecified atom stereocenters. The number of nitrogens with zero attached hydrogens (tertiary/aromatic N) is 1. The summed E-state index contributed by atoms with van der Waals surface area (Å²) in [7, 11) is 0. The normalized spacial score (nSPS) is 21.3. The maximum Gasteiger partial charge on any atom is 0.0511 e. The molecule has 1 aliphatic heterocycles. The molecular weight excluding hydrogens is 244 g/mol. The van der Waals surface area contributed by atoms with Crippen molar-refractivity contribution in [1.82, 2.24) is 4.90 Å². The Labute approximate surface area is 115 Å². The molecule has 1 fully saturated rings. The Morgan fingerprint density at radius 2 is 1.72 bits per heavy atom. The molecule has 0 radical (unpaired) electrons. The van der Waals surface area contributed by atoms with E-state index >= 15 is 0 Å². The van der Waals surface area contributed by atoms with Crippen LogP contribution in [0.2, 0.25) is 5.02 Å². The minimum atomic E-state index is 0.1000. The largest absolute Gasteiger partial charge is 0.326 e. The van der Waals surface area contributed by atoms with Gasteiger partial charge in [-0.25, -0.2) is 0 Å². The smallest absolute Gasteiger partial charge is 0.0511 e. The standard InChI is InChI=1S/C15H23ClN2/c1-12(17)15(13-8-4-5-9-14(13)16)18-10-6-2-3-7-11-18/h4-5,8-9,12,15H,2-3,6-7,10-11,17H2,1H3. The highest BCUT2D eigenvalue weighted by Gasteiger charge is 2.26. The van der Waals surface area contributed by atoms with E-state index in [0.717, 1.165) is 18.1 Å². The third-order valence-corrected chi connectivity index (χ3v) is 4.10. The molecule has 2 nitrogen and oxygen atoms in total. The van der Waals surface area contributed by atoms with Crippen LogP contribution < -0.4 is 5.73 Å². The summed E-state index contributed by atoms with van der Waals surface area (Å²) in [6.07, 6.45) is 5.22. The topological polar surface area (TPSA) is 29.3 Å². The zero-order valence-electron chi connectivity index (χ0n) is 11.1. The Balaban J connectivity index is 2.24. The number of likely N-dealkylation sites (tertiary alicyclic amines) is 1. The van der Waals surface area contributed by atoms with Gasteiger partial charge < -0.3 is 5.73 Å². The van der Waals surface area contributed by atoms with Gasteiger partial charge in [0, 0.05) is 11.1 Å². The first-order valence-electron chi connectivity index (χ1n) is 6.94. The van der Waals surface area contributed by atoms with Gasteiger partial charge in [0.1, 0.15) is 0 Å². The third-order valence-electron chi connectivity index (χ3n) is 3.76. The van der Waals surface area contributed by atoms with Gasteiger partial charge in [-0.2, -0.15) is 0 Å². The van der Waals surface area contributed by atoms with Crippen LogP contribution in [0.1, 0.15) is 44.2 Å². The fraction of sp³-hybridized carbons (Fsp3) is 0.600. The summed E-state index contributed by atoms with van der Waals surface area (Å²) in [4.78, 5) is 2.51. The van der Waals surface area contributed by atoms with Crippen LogP contribution in [0, 0.1) is 0 Å². The highest BCUT2D eigenvalue weighted by Crippen LogP contribution is 2.31. The Bertz CT molecular complexity index is 371. The first-order valence-corrected chi connectivity index (χ1v) is 7.32. The van der Waals surface area contributed by atoms with E-state index in [4.69, 9.17) is 17.3 Å². The van der Waals surface area contributed by atoms with Crippen molar-refractivity contribution in [3.8, 4) is 0 Å². The van der Waals surface area contributed by atoms with Crippen molar-refractivity contribution in [1.29, 1.82) is 0 Å². The highest BCUT2D eigenvalue weighted by atomic mass is 35.5. The quantitative estimate of drug-likeness (QED) is 0.906. The van der Waals surface area contributed by atoms with E-state index in [1.165, 1.54) is 31.2 Å². The fourth-order valence-electron chi connectivity index (χ4n) is 2.90. The number of rotatable bonds is 3. The van der Waals surface area contributed by atoms with E-state index in [9.17, 15) is 0 Å². The van der Waals surface area contributed by atoms with Crippen molar-refractivity contribution >= 4 is 11.6 Å². The van der Waals surface area contributed by atoms with Crippen molar-refractivity contribution in [2.24, 2.45) is 5.73 Å². The summed E-state index contributed by atoms with van der Waals surface area (Å²) in [6.45, 7) is 4.35. The van der Waals surface area contributed by atoms with Crippen LogP contribution in [-0.2, 0) is 0 Å². The maximum absolute atomic E-state index is 6.34. The Morgan fingerprint density at radius 3 is 2.28 bits per heavy atom. The van der Waals surface area contributed by atoms with Gasteiger partial charge in [0.25, 0.3) is 0 Å². The monoisotopic (exact) mass is 266 g/mol. The fourth-order valence-corrected chi connectivity index (χ4v) is 3.15. The summed E-state index contributed by atoms with van der Waals surface area (Å²) in [6, 6.07) is 8.45. The molecule has 2 N–H and O–H groups in total. The van der Waals surface area contributed by atoms with Gasteiger partial charge in [-0.15, -0.1) is 0 Å². The lowest BCUT2D eigenvalue weighted by molar-refractivity contribution is 0.183. The van der Waals surface area contributed by atoms with Crippen LogP contribution in [-0.4, -0.2) is 24.0 Å². The molecule has 0 saturated carbocycles. The number of benzene rings is 1. The third kappa shape index (κ3) is 3.25. The lowest BCUT2D eigenvalue weighted by Gasteiger charge is -2.34. The van der Waals surface area contributed by atoms with E-state index in [0.29, 0.717) is 0 Å². The zero-order valence-corrected chi connectivity index (χ0v) is 11.9. The number of nitrogens with two attached hydrogens (primary N) is 1. The van der Waals surface area contributed by atoms with E-state index in [1.54, 1.807) is 0 Å². The molecule has 18 heavy (non-hydrogen) atoms. The molecule has 0 aliphatic carbocycles. The van der Waals surface area contributed by atoms with Crippen LogP contribution in [0.3, 0.4) is 0 Å². The van der Waals surface area contributed by atoms with Crippen LogP contribution in [0.4, 0.5) is 0 Å². The molecule has 0 spiro atoms. The molecule has 2 rings (SSSR count). The second-order valence-corrected chi connectivity index (χ2v) is 5.68. The van der Waals surface area contributed by atoms with Gasteiger partial charge in [0.2, 0.25) is 0 Å². The second-order valence-electron chi connectivity index (χ2n) is 5.28. The summed E-state index contributed by atoms with van der Waals surface area (Å²) >= 11 is 6.34. The predicted octanol–water partition coefficient (Wildman–Crippen LogP) is 3.60. The summed E-state index contributed by atoms with van der Waals surface area (Å²) in [5, 5.41) is 0.837. The lowest BCUT2D eigenvalue weighted by Crippen LogP contribution is -2.40.